The third kappa shape index (κ3) is 3.88. The van der Waals surface area contributed by atoms with Crippen molar-refractivity contribution >= 4 is 11.8 Å². The molecule has 0 unspecified atom stereocenters. The van der Waals surface area contributed by atoms with Crippen molar-refractivity contribution in [3.8, 4) is 0 Å². The van der Waals surface area contributed by atoms with Crippen LogP contribution in [-0.2, 0) is 9.59 Å². The molecule has 0 spiro atoms. The first-order chi connectivity index (χ1) is 9.43. The standard InChI is InChI=1S/C13H20F2N2O3/c14-13(15,8-18)7-16-11(19)9-3-5-17(6-4-9)12(20)10-1-2-10/h9-10,18H,1-8H2,(H,16,19). The van der Waals surface area contributed by atoms with E-state index in [-0.39, 0.29) is 17.7 Å². The quantitative estimate of drug-likeness (QED) is 0.769. The van der Waals surface area contributed by atoms with Crippen LogP contribution in [0.1, 0.15) is 25.7 Å². The van der Waals surface area contributed by atoms with Gasteiger partial charge in [-0.15, -0.1) is 0 Å². The molecule has 5 nitrogen and oxygen atoms in total. The first kappa shape index (κ1) is 15.2. The Bertz CT molecular complexity index is 378. The molecule has 20 heavy (non-hydrogen) atoms. The van der Waals surface area contributed by atoms with Crippen molar-refractivity contribution in [2.75, 3.05) is 26.2 Å². The van der Waals surface area contributed by atoms with Gasteiger partial charge in [-0.2, -0.15) is 0 Å². The summed E-state index contributed by atoms with van der Waals surface area (Å²) in [5.74, 6) is -3.69. The summed E-state index contributed by atoms with van der Waals surface area (Å²) in [6.45, 7) is -1.08. The summed E-state index contributed by atoms with van der Waals surface area (Å²) >= 11 is 0. The van der Waals surface area contributed by atoms with Crippen molar-refractivity contribution in [3.63, 3.8) is 0 Å². The molecular formula is C13H20F2N2O3. The van der Waals surface area contributed by atoms with Gasteiger partial charge < -0.3 is 15.3 Å². The van der Waals surface area contributed by atoms with E-state index in [4.69, 9.17) is 5.11 Å². The van der Waals surface area contributed by atoms with Crippen LogP contribution in [0, 0.1) is 11.8 Å². The number of alkyl halides is 2. The molecule has 7 heteroatoms. The van der Waals surface area contributed by atoms with E-state index in [2.05, 4.69) is 5.32 Å². The van der Waals surface area contributed by atoms with Gasteiger partial charge in [0.05, 0.1) is 6.54 Å². The predicted molar refractivity (Wildman–Crippen MR) is 67.1 cm³/mol. The van der Waals surface area contributed by atoms with Gasteiger partial charge in [-0.05, 0) is 25.7 Å². The number of carbonyl (C=O) groups is 2. The van der Waals surface area contributed by atoms with Crippen LogP contribution in [0.4, 0.5) is 8.78 Å². The fraction of sp³-hybridized carbons (Fsp3) is 0.846. The van der Waals surface area contributed by atoms with Gasteiger partial charge >= 0.3 is 0 Å². The Labute approximate surface area is 116 Å². The summed E-state index contributed by atoms with van der Waals surface area (Å²) in [6.07, 6.45) is 2.93. The van der Waals surface area contributed by atoms with Crippen LogP contribution >= 0.6 is 0 Å². The lowest BCUT2D eigenvalue weighted by Crippen LogP contribution is -2.46. The fourth-order valence-corrected chi connectivity index (χ4v) is 2.37. The molecule has 1 aliphatic heterocycles. The lowest BCUT2D eigenvalue weighted by Gasteiger charge is -2.31. The molecule has 2 aliphatic rings. The number of carbonyl (C=O) groups excluding carboxylic acids is 2. The van der Waals surface area contributed by atoms with Crippen molar-refractivity contribution in [2.45, 2.75) is 31.6 Å². The number of rotatable bonds is 5. The maximum absolute atomic E-state index is 12.8. The highest BCUT2D eigenvalue weighted by Crippen LogP contribution is 2.32. The fourth-order valence-electron chi connectivity index (χ4n) is 2.37. The molecule has 114 valence electrons. The second-order valence-electron chi connectivity index (χ2n) is 5.61. The summed E-state index contributed by atoms with van der Waals surface area (Å²) in [4.78, 5) is 25.4. The van der Waals surface area contributed by atoms with Crippen LogP contribution in [-0.4, -0.2) is 54.0 Å². The number of amides is 2. The van der Waals surface area contributed by atoms with E-state index < -0.39 is 25.0 Å². The van der Waals surface area contributed by atoms with Gasteiger partial charge in [0.1, 0.15) is 6.61 Å². The van der Waals surface area contributed by atoms with Gasteiger partial charge in [0.2, 0.25) is 11.8 Å². The SMILES string of the molecule is O=C(NCC(F)(F)CO)C1CCN(C(=O)C2CC2)CC1. The molecule has 0 radical (unpaired) electrons. The molecule has 2 rings (SSSR count). The van der Waals surface area contributed by atoms with E-state index in [9.17, 15) is 18.4 Å². The predicted octanol–water partition coefficient (Wildman–Crippen LogP) is 0.379. The van der Waals surface area contributed by atoms with Gasteiger partial charge in [0.25, 0.3) is 5.92 Å². The number of hydrogen-bond donors (Lipinski definition) is 2. The topological polar surface area (TPSA) is 69.6 Å². The van der Waals surface area contributed by atoms with Crippen molar-refractivity contribution < 1.29 is 23.5 Å². The molecule has 0 aromatic heterocycles. The summed E-state index contributed by atoms with van der Waals surface area (Å²) in [5.41, 5.74) is 0. The Morgan fingerprint density at radius 1 is 1.15 bits per heavy atom. The number of aliphatic hydroxyl groups excluding tert-OH is 1. The van der Waals surface area contributed by atoms with Gasteiger partial charge in [0, 0.05) is 24.9 Å². The van der Waals surface area contributed by atoms with E-state index in [0.29, 0.717) is 25.9 Å². The van der Waals surface area contributed by atoms with Crippen molar-refractivity contribution in [1.82, 2.24) is 10.2 Å². The lowest BCUT2D eigenvalue weighted by molar-refractivity contribution is -0.137. The van der Waals surface area contributed by atoms with Crippen molar-refractivity contribution in [3.05, 3.63) is 0 Å². The molecule has 1 saturated carbocycles. The summed E-state index contributed by atoms with van der Waals surface area (Å²) in [5, 5.41) is 10.6. The second kappa shape index (κ2) is 6.03. The second-order valence-corrected chi connectivity index (χ2v) is 5.61. The minimum Gasteiger partial charge on any atom is -0.390 e. The Kier molecular flexibility index (Phi) is 4.57. The normalized spacial score (nSPS) is 20.9. The van der Waals surface area contributed by atoms with E-state index in [1.54, 1.807) is 4.90 Å². The molecule has 2 fully saturated rings. The largest absolute Gasteiger partial charge is 0.390 e. The molecular weight excluding hydrogens is 270 g/mol. The zero-order valence-corrected chi connectivity index (χ0v) is 11.3. The van der Waals surface area contributed by atoms with Crippen molar-refractivity contribution in [1.29, 1.82) is 0 Å². The molecule has 0 bridgehead atoms. The van der Waals surface area contributed by atoms with E-state index in [0.717, 1.165) is 12.8 Å². The number of nitrogens with one attached hydrogen (secondary N) is 1. The van der Waals surface area contributed by atoms with Crippen LogP contribution in [0.5, 0.6) is 0 Å². The van der Waals surface area contributed by atoms with Crippen LogP contribution < -0.4 is 5.32 Å². The van der Waals surface area contributed by atoms with E-state index in [1.165, 1.54) is 0 Å². The number of hydrogen-bond acceptors (Lipinski definition) is 3. The maximum Gasteiger partial charge on any atom is 0.287 e. The summed E-state index contributed by atoms with van der Waals surface area (Å²) in [7, 11) is 0. The van der Waals surface area contributed by atoms with E-state index >= 15 is 0 Å². The highest BCUT2D eigenvalue weighted by atomic mass is 19.3. The molecule has 0 aromatic carbocycles. The van der Waals surface area contributed by atoms with Crippen LogP contribution in [0.15, 0.2) is 0 Å². The van der Waals surface area contributed by atoms with Crippen molar-refractivity contribution in [2.24, 2.45) is 11.8 Å². The van der Waals surface area contributed by atoms with Gasteiger partial charge in [-0.3, -0.25) is 9.59 Å². The average molecular weight is 290 g/mol. The first-order valence-electron chi connectivity index (χ1n) is 6.98. The molecule has 2 N–H and O–H groups in total. The highest BCUT2D eigenvalue weighted by Gasteiger charge is 2.36. The summed E-state index contributed by atoms with van der Waals surface area (Å²) < 4.78 is 25.7. The van der Waals surface area contributed by atoms with Crippen LogP contribution in [0.25, 0.3) is 0 Å². The Hall–Kier alpha value is -1.24. The average Bonchev–Trinajstić information content (AvgIpc) is 3.29. The minimum atomic E-state index is -3.28. The molecule has 0 atom stereocenters. The van der Waals surface area contributed by atoms with Crippen LogP contribution in [0.3, 0.4) is 0 Å². The number of likely N-dealkylation sites (tertiary alicyclic amines) is 1. The Balaban J connectivity index is 1.72. The molecule has 0 aromatic rings. The van der Waals surface area contributed by atoms with Gasteiger partial charge in [0.15, 0.2) is 0 Å². The van der Waals surface area contributed by atoms with E-state index in [1.807, 2.05) is 0 Å². The maximum atomic E-state index is 12.8. The molecule has 1 saturated heterocycles. The zero-order valence-electron chi connectivity index (χ0n) is 11.3. The Morgan fingerprint density at radius 2 is 1.75 bits per heavy atom. The lowest BCUT2D eigenvalue weighted by atomic mass is 9.95. The third-order valence-corrected chi connectivity index (χ3v) is 3.86. The summed E-state index contributed by atoms with van der Waals surface area (Å²) in [6, 6.07) is 0. The monoisotopic (exact) mass is 290 g/mol. The molecule has 1 heterocycles. The number of aliphatic hydroxyl groups is 1. The zero-order chi connectivity index (χ0) is 14.8. The van der Waals surface area contributed by atoms with Gasteiger partial charge in [-0.1, -0.05) is 0 Å². The number of piperidine rings is 1. The Morgan fingerprint density at radius 3 is 2.25 bits per heavy atom. The minimum absolute atomic E-state index is 0.163. The first-order valence-corrected chi connectivity index (χ1v) is 6.98. The number of nitrogens with zero attached hydrogens (tertiary/aromatic N) is 1. The highest BCUT2D eigenvalue weighted by molar-refractivity contribution is 5.82. The third-order valence-electron chi connectivity index (χ3n) is 3.86. The molecule has 2 amide bonds. The van der Waals surface area contributed by atoms with Crippen LogP contribution in [0.2, 0.25) is 0 Å². The smallest absolute Gasteiger partial charge is 0.287 e. The number of halogens is 2. The van der Waals surface area contributed by atoms with Gasteiger partial charge in [-0.25, -0.2) is 8.78 Å². The molecule has 1 aliphatic carbocycles.